The number of hydrogen-bond acceptors (Lipinski definition) is 5. The van der Waals surface area contributed by atoms with Crippen LogP contribution in [-0.2, 0) is 11.3 Å². The fraction of sp³-hybridized carbons (Fsp3) is 0.300. The molecule has 0 spiro atoms. The maximum atomic E-state index is 12.5. The summed E-state index contributed by atoms with van der Waals surface area (Å²) in [7, 11) is 0. The van der Waals surface area contributed by atoms with Crippen molar-refractivity contribution in [2.75, 3.05) is 0 Å². The second-order valence-electron chi connectivity index (χ2n) is 6.56. The van der Waals surface area contributed by atoms with Gasteiger partial charge in [-0.3, -0.25) is 4.79 Å². The van der Waals surface area contributed by atoms with E-state index in [1.54, 1.807) is 4.68 Å². The van der Waals surface area contributed by atoms with E-state index in [0.717, 1.165) is 16.8 Å². The molecule has 0 saturated heterocycles. The van der Waals surface area contributed by atoms with Gasteiger partial charge in [-0.05, 0) is 60.9 Å². The topological polar surface area (TPSA) is 72.7 Å². The van der Waals surface area contributed by atoms with Gasteiger partial charge in [0.05, 0.1) is 10.9 Å². The monoisotopic (exact) mass is 381 g/mol. The summed E-state index contributed by atoms with van der Waals surface area (Å²) in [4.78, 5) is 12.5. The highest BCUT2D eigenvalue weighted by molar-refractivity contribution is 8.00. The number of nitrogens with one attached hydrogen (secondary N) is 1. The van der Waals surface area contributed by atoms with Crippen molar-refractivity contribution in [2.24, 2.45) is 0 Å². The van der Waals surface area contributed by atoms with Gasteiger partial charge in [0.1, 0.15) is 0 Å². The Bertz CT molecular complexity index is 936. The van der Waals surface area contributed by atoms with Crippen molar-refractivity contribution in [1.29, 1.82) is 0 Å². The van der Waals surface area contributed by atoms with Crippen LogP contribution in [0.15, 0.2) is 47.6 Å². The lowest BCUT2D eigenvalue weighted by Gasteiger charge is -2.13. The molecule has 0 aliphatic carbocycles. The molecule has 1 atom stereocenters. The SMILES string of the molecule is Cc1ccc(CNC(=O)C(C)Sc2nnnn2-c2cccc(C)c2C)cc1. The second-order valence-corrected chi connectivity index (χ2v) is 7.86. The van der Waals surface area contributed by atoms with Crippen LogP contribution in [0, 0.1) is 20.8 Å². The number of benzene rings is 2. The van der Waals surface area contributed by atoms with Gasteiger partial charge in [-0.15, -0.1) is 5.10 Å². The van der Waals surface area contributed by atoms with Gasteiger partial charge in [0.25, 0.3) is 0 Å². The van der Waals surface area contributed by atoms with Crippen molar-refractivity contribution >= 4 is 17.7 Å². The average Bonchev–Trinajstić information content (AvgIpc) is 3.11. The van der Waals surface area contributed by atoms with Gasteiger partial charge in [-0.1, -0.05) is 53.7 Å². The zero-order chi connectivity index (χ0) is 19.4. The number of hydrogen-bond donors (Lipinski definition) is 1. The highest BCUT2D eigenvalue weighted by Gasteiger charge is 2.20. The van der Waals surface area contributed by atoms with Crippen LogP contribution in [0.4, 0.5) is 0 Å². The molecule has 3 rings (SSSR count). The van der Waals surface area contributed by atoms with Gasteiger partial charge in [0, 0.05) is 6.54 Å². The molecule has 27 heavy (non-hydrogen) atoms. The molecule has 1 N–H and O–H groups in total. The van der Waals surface area contributed by atoms with E-state index in [1.807, 2.05) is 57.2 Å². The lowest BCUT2D eigenvalue weighted by Crippen LogP contribution is -2.30. The highest BCUT2D eigenvalue weighted by Crippen LogP contribution is 2.25. The zero-order valence-electron chi connectivity index (χ0n) is 15.9. The zero-order valence-corrected chi connectivity index (χ0v) is 16.7. The van der Waals surface area contributed by atoms with Crippen LogP contribution < -0.4 is 5.32 Å². The summed E-state index contributed by atoms with van der Waals surface area (Å²) in [6.07, 6.45) is 0. The predicted octanol–water partition coefficient (Wildman–Crippen LogP) is 3.38. The lowest BCUT2D eigenvalue weighted by atomic mass is 10.1. The fourth-order valence-electron chi connectivity index (χ4n) is 2.62. The number of thioether (sulfide) groups is 1. The van der Waals surface area contributed by atoms with Gasteiger partial charge in [0.15, 0.2) is 0 Å². The lowest BCUT2D eigenvalue weighted by molar-refractivity contribution is -0.120. The Hall–Kier alpha value is -2.67. The predicted molar refractivity (Wildman–Crippen MR) is 107 cm³/mol. The van der Waals surface area contributed by atoms with Gasteiger partial charge in [0.2, 0.25) is 11.1 Å². The van der Waals surface area contributed by atoms with Crippen LogP contribution in [0.1, 0.15) is 29.2 Å². The van der Waals surface area contributed by atoms with Gasteiger partial charge in [-0.2, -0.15) is 4.68 Å². The van der Waals surface area contributed by atoms with Gasteiger partial charge >= 0.3 is 0 Å². The molecule has 1 unspecified atom stereocenters. The minimum Gasteiger partial charge on any atom is -0.351 e. The molecule has 0 aliphatic rings. The van der Waals surface area contributed by atoms with Crippen LogP contribution >= 0.6 is 11.8 Å². The van der Waals surface area contributed by atoms with Crippen molar-refractivity contribution in [3.8, 4) is 5.69 Å². The Morgan fingerprint density at radius 3 is 2.63 bits per heavy atom. The Morgan fingerprint density at radius 1 is 1.15 bits per heavy atom. The summed E-state index contributed by atoms with van der Waals surface area (Å²) >= 11 is 1.35. The Kier molecular flexibility index (Phi) is 5.91. The van der Waals surface area contributed by atoms with Crippen LogP contribution in [-0.4, -0.2) is 31.4 Å². The molecule has 3 aromatic rings. The number of tetrazole rings is 1. The number of aryl methyl sites for hydroxylation is 2. The largest absolute Gasteiger partial charge is 0.351 e. The first-order valence-electron chi connectivity index (χ1n) is 8.80. The Labute approximate surface area is 163 Å². The van der Waals surface area contributed by atoms with E-state index < -0.39 is 0 Å². The summed E-state index contributed by atoms with van der Waals surface area (Å²) < 4.78 is 1.69. The van der Waals surface area contributed by atoms with Crippen LogP contribution in [0.5, 0.6) is 0 Å². The summed E-state index contributed by atoms with van der Waals surface area (Å²) in [6.45, 7) is 8.50. The number of nitrogens with zero attached hydrogens (tertiary/aromatic N) is 4. The smallest absolute Gasteiger partial charge is 0.233 e. The molecule has 1 aromatic heterocycles. The molecule has 140 valence electrons. The molecule has 1 heterocycles. The minimum absolute atomic E-state index is 0.0453. The molecule has 7 heteroatoms. The molecule has 1 amide bonds. The molecule has 6 nitrogen and oxygen atoms in total. The van der Waals surface area contributed by atoms with Gasteiger partial charge < -0.3 is 5.32 Å². The first-order chi connectivity index (χ1) is 13.0. The number of carbonyl (C=O) groups excluding carboxylic acids is 1. The molecular weight excluding hydrogens is 358 g/mol. The summed E-state index contributed by atoms with van der Waals surface area (Å²) in [5.74, 6) is -0.0453. The first-order valence-corrected chi connectivity index (χ1v) is 9.68. The van der Waals surface area contributed by atoms with Crippen molar-refractivity contribution in [3.63, 3.8) is 0 Å². The second kappa shape index (κ2) is 8.35. The van der Waals surface area contributed by atoms with Crippen molar-refractivity contribution in [3.05, 3.63) is 64.7 Å². The Balaban J connectivity index is 1.67. The molecule has 0 fully saturated rings. The fourth-order valence-corrected chi connectivity index (χ4v) is 3.44. The molecule has 0 bridgehead atoms. The maximum absolute atomic E-state index is 12.5. The van der Waals surface area contributed by atoms with E-state index >= 15 is 0 Å². The summed E-state index contributed by atoms with van der Waals surface area (Å²) in [6, 6.07) is 14.1. The number of rotatable bonds is 6. The summed E-state index contributed by atoms with van der Waals surface area (Å²) in [5.41, 5.74) is 5.49. The van der Waals surface area contributed by atoms with Crippen LogP contribution in [0.25, 0.3) is 5.69 Å². The molecule has 0 saturated carbocycles. The third-order valence-electron chi connectivity index (χ3n) is 4.48. The van der Waals surface area contributed by atoms with Crippen LogP contribution in [0.3, 0.4) is 0 Å². The molecule has 0 radical (unpaired) electrons. The minimum atomic E-state index is -0.315. The normalized spacial score (nSPS) is 12.0. The van der Waals surface area contributed by atoms with E-state index in [4.69, 9.17) is 0 Å². The number of aromatic nitrogens is 4. The third kappa shape index (κ3) is 4.54. The standard InChI is InChI=1S/C20H23N5OS/c1-13-8-10-17(11-9-13)12-21-19(26)16(4)27-20-22-23-24-25(20)18-7-5-6-14(2)15(18)3/h5-11,16H,12H2,1-4H3,(H,21,26). The molecular formula is C20H23N5OS. The third-order valence-corrected chi connectivity index (χ3v) is 5.52. The maximum Gasteiger partial charge on any atom is 0.233 e. The van der Waals surface area contributed by atoms with E-state index in [-0.39, 0.29) is 11.2 Å². The highest BCUT2D eigenvalue weighted by atomic mass is 32.2. The van der Waals surface area contributed by atoms with E-state index in [0.29, 0.717) is 11.7 Å². The Morgan fingerprint density at radius 2 is 1.89 bits per heavy atom. The first kappa shape index (κ1) is 19.1. The average molecular weight is 382 g/mol. The van der Waals surface area contributed by atoms with Crippen LogP contribution in [0.2, 0.25) is 0 Å². The van der Waals surface area contributed by atoms with Gasteiger partial charge in [-0.25, -0.2) is 0 Å². The van der Waals surface area contributed by atoms with Crippen molar-refractivity contribution in [1.82, 2.24) is 25.5 Å². The molecule has 0 aliphatic heterocycles. The van der Waals surface area contributed by atoms with E-state index in [9.17, 15) is 4.79 Å². The summed E-state index contributed by atoms with van der Waals surface area (Å²) in [5, 5.41) is 15.3. The quantitative estimate of drug-likeness (QED) is 0.663. The van der Waals surface area contributed by atoms with Crippen molar-refractivity contribution < 1.29 is 4.79 Å². The number of carbonyl (C=O) groups is 1. The molecule has 2 aromatic carbocycles. The van der Waals surface area contributed by atoms with E-state index in [2.05, 4.69) is 33.8 Å². The number of amides is 1. The van der Waals surface area contributed by atoms with E-state index in [1.165, 1.54) is 22.9 Å². The van der Waals surface area contributed by atoms with Crippen molar-refractivity contribution in [2.45, 2.75) is 44.6 Å².